The van der Waals surface area contributed by atoms with Crippen LogP contribution in [0.2, 0.25) is 0 Å². The van der Waals surface area contributed by atoms with E-state index in [0.717, 1.165) is 11.4 Å². The third kappa shape index (κ3) is 3.82. The summed E-state index contributed by atoms with van der Waals surface area (Å²) in [6.07, 6.45) is 6.19. The molecular weight excluding hydrogens is 334 g/mol. The average Bonchev–Trinajstić information content (AvgIpc) is 2.75. The van der Waals surface area contributed by atoms with Gasteiger partial charge in [-0.15, -0.1) is 0 Å². The van der Waals surface area contributed by atoms with Crippen molar-refractivity contribution in [2.24, 2.45) is 5.92 Å². The molecule has 4 rings (SSSR count). The quantitative estimate of drug-likeness (QED) is 0.823. The molecule has 27 heavy (non-hydrogen) atoms. The SMILES string of the molecule is OCC1(C#CC2CCCCC2)COc2ccccc2N1Cc1ccccc1. The molecule has 1 N–H and O–H groups in total. The zero-order valence-electron chi connectivity index (χ0n) is 15.7. The number of hydrogen-bond acceptors (Lipinski definition) is 3. The number of fused-ring (bicyclic) bond motifs is 1. The standard InChI is InChI=1S/C24H27NO2/c26-18-24(16-15-20-9-3-1-4-10-20)19-27-23-14-8-7-13-22(23)25(24)17-21-11-5-2-6-12-21/h2,5-8,11-14,20,26H,1,3-4,9-10,17-19H2. The Hall–Kier alpha value is -2.44. The van der Waals surface area contributed by atoms with Crippen molar-refractivity contribution < 1.29 is 9.84 Å². The smallest absolute Gasteiger partial charge is 0.159 e. The van der Waals surface area contributed by atoms with Crippen LogP contribution < -0.4 is 9.64 Å². The van der Waals surface area contributed by atoms with Gasteiger partial charge in [0.05, 0.1) is 12.3 Å². The number of ether oxygens (including phenoxy) is 1. The molecule has 140 valence electrons. The third-order valence-electron chi connectivity index (χ3n) is 5.70. The van der Waals surface area contributed by atoms with E-state index in [1.807, 2.05) is 24.3 Å². The van der Waals surface area contributed by atoms with Crippen LogP contribution >= 0.6 is 0 Å². The van der Waals surface area contributed by atoms with Crippen molar-refractivity contribution in [2.75, 3.05) is 18.1 Å². The summed E-state index contributed by atoms with van der Waals surface area (Å²) in [4.78, 5) is 2.23. The van der Waals surface area contributed by atoms with Gasteiger partial charge in [-0.1, -0.05) is 73.6 Å². The lowest BCUT2D eigenvalue weighted by Gasteiger charge is -2.44. The molecule has 1 heterocycles. The Kier molecular flexibility index (Phi) is 5.36. The van der Waals surface area contributed by atoms with Crippen molar-refractivity contribution in [3.8, 4) is 17.6 Å². The second-order valence-corrected chi connectivity index (χ2v) is 7.62. The van der Waals surface area contributed by atoms with E-state index in [1.165, 1.54) is 37.7 Å². The Morgan fingerprint density at radius 2 is 1.74 bits per heavy atom. The van der Waals surface area contributed by atoms with Crippen LogP contribution in [0.5, 0.6) is 5.75 Å². The third-order valence-corrected chi connectivity index (χ3v) is 5.70. The van der Waals surface area contributed by atoms with E-state index < -0.39 is 5.54 Å². The number of hydrogen-bond donors (Lipinski definition) is 1. The first kappa shape index (κ1) is 17.9. The highest BCUT2D eigenvalue weighted by molar-refractivity contribution is 5.64. The summed E-state index contributed by atoms with van der Waals surface area (Å²) < 4.78 is 6.03. The number of benzene rings is 2. The average molecular weight is 361 g/mol. The summed E-state index contributed by atoms with van der Waals surface area (Å²) in [5.74, 6) is 8.27. The molecular formula is C24H27NO2. The van der Waals surface area contributed by atoms with Crippen LogP contribution in [0.3, 0.4) is 0 Å². The van der Waals surface area contributed by atoms with Crippen LogP contribution in [0.1, 0.15) is 37.7 Å². The van der Waals surface area contributed by atoms with Gasteiger partial charge >= 0.3 is 0 Å². The molecule has 1 saturated carbocycles. The summed E-state index contributed by atoms with van der Waals surface area (Å²) in [5, 5.41) is 10.4. The van der Waals surface area contributed by atoms with E-state index in [9.17, 15) is 5.11 Å². The molecule has 1 atom stereocenters. The summed E-state index contributed by atoms with van der Waals surface area (Å²) >= 11 is 0. The van der Waals surface area contributed by atoms with E-state index in [0.29, 0.717) is 19.1 Å². The molecule has 0 saturated heterocycles. The highest BCUT2D eigenvalue weighted by Crippen LogP contribution is 2.39. The second-order valence-electron chi connectivity index (χ2n) is 7.62. The molecule has 3 heteroatoms. The maximum absolute atomic E-state index is 10.4. The van der Waals surface area contributed by atoms with Crippen LogP contribution in [-0.2, 0) is 6.54 Å². The Balaban J connectivity index is 1.70. The number of para-hydroxylation sites is 2. The number of nitrogens with zero attached hydrogens (tertiary/aromatic N) is 1. The zero-order chi connectivity index (χ0) is 18.5. The number of rotatable bonds is 3. The largest absolute Gasteiger partial charge is 0.488 e. The van der Waals surface area contributed by atoms with Crippen LogP contribution in [0.25, 0.3) is 0 Å². The lowest BCUT2D eigenvalue weighted by molar-refractivity contribution is 0.148. The number of aliphatic hydroxyl groups excluding tert-OH is 1. The highest BCUT2D eigenvalue weighted by Gasteiger charge is 2.41. The van der Waals surface area contributed by atoms with Gasteiger partial charge in [-0.05, 0) is 30.5 Å². The topological polar surface area (TPSA) is 32.7 Å². The molecule has 3 nitrogen and oxygen atoms in total. The van der Waals surface area contributed by atoms with Gasteiger partial charge in [0.15, 0.2) is 5.54 Å². The Labute approximate surface area is 162 Å². The van der Waals surface area contributed by atoms with E-state index >= 15 is 0 Å². The molecule has 1 unspecified atom stereocenters. The summed E-state index contributed by atoms with van der Waals surface area (Å²) in [6.45, 7) is 1.03. The maximum Gasteiger partial charge on any atom is 0.159 e. The monoisotopic (exact) mass is 361 g/mol. The van der Waals surface area contributed by atoms with E-state index in [2.05, 4.69) is 47.1 Å². The summed E-state index contributed by atoms with van der Waals surface area (Å²) in [5.41, 5.74) is 1.49. The molecule has 1 aliphatic carbocycles. The predicted molar refractivity (Wildman–Crippen MR) is 109 cm³/mol. The van der Waals surface area contributed by atoms with Crippen LogP contribution in [0.15, 0.2) is 54.6 Å². The fraction of sp³-hybridized carbons (Fsp3) is 0.417. The fourth-order valence-corrected chi connectivity index (χ4v) is 4.07. The van der Waals surface area contributed by atoms with Gasteiger partial charge in [0, 0.05) is 12.5 Å². The first-order chi connectivity index (χ1) is 13.3. The Morgan fingerprint density at radius 3 is 2.52 bits per heavy atom. The first-order valence-electron chi connectivity index (χ1n) is 9.98. The zero-order valence-corrected chi connectivity index (χ0v) is 15.7. The molecule has 1 aliphatic heterocycles. The summed E-state index contributed by atoms with van der Waals surface area (Å²) in [7, 11) is 0. The molecule has 0 aromatic heterocycles. The minimum Gasteiger partial charge on any atom is -0.488 e. The second kappa shape index (κ2) is 8.06. The van der Waals surface area contributed by atoms with Crippen LogP contribution in [0, 0.1) is 17.8 Å². The minimum absolute atomic E-state index is 0.0477. The van der Waals surface area contributed by atoms with Gasteiger partial charge in [-0.2, -0.15) is 0 Å². The summed E-state index contributed by atoms with van der Waals surface area (Å²) in [6, 6.07) is 18.4. The maximum atomic E-state index is 10.4. The number of anilines is 1. The fourth-order valence-electron chi connectivity index (χ4n) is 4.07. The molecule has 0 radical (unpaired) electrons. The van der Waals surface area contributed by atoms with Gasteiger partial charge in [-0.3, -0.25) is 0 Å². The van der Waals surface area contributed by atoms with Crippen molar-refractivity contribution in [3.63, 3.8) is 0 Å². The predicted octanol–water partition coefficient (Wildman–Crippen LogP) is 4.40. The van der Waals surface area contributed by atoms with E-state index in [1.54, 1.807) is 0 Å². The van der Waals surface area contributed by atoms with Crippen molar-refractivity contribution in [1.29, 1.82) is 0 Å². The molecule has 2 aromatic rings. The van der Waals surface area contributed by atoms with Gasteiger partial charge in [0.25, 0.3) is 0 Å². The Morgan fingerprint density at radius 1 is 1.00 bits per heavy atom. The van der Waals surface area contributed by atoms with E-state index in [-0.39, 0.29) is 6.61 Å². The van der Waals surface area contributed by atoms with Crippen molar-refractivity contribution >= 4 is 5.69 Å². The lowest BCUT2D eigenvalue weighted by Crippen LogP contribution is -2.57. The molecule has 1 fully saturated rings. The van der Waals surface area contributed by atoms with Gasteiger partial charge in [0.2, 0.25) is 0 Å². The van der Waals surface area contributed by atoms with Gasteiger partial charge in [-0.25, -0.2) is 0 Å². The van der Waals surface area contributed by atoms with Gasteiger partial charge < -0.3 is 14.7 Å². The van der Waals surface area contributed by atoms with Crippen LogP contribution in [-0.4, -0.2) is 23.9 Å². The Bertz CT molecular complexity index is 817. The minimum atomic E-state index is -0.707. The molecule has 2 aliphatic rings. The highest BCUT2D eigenvalue weighted by atomic mass is 16.5. The molecule has 0 bridgehead atoms. The molecule has 2 aromatic carbocycles. The normalized spacial score (nSPS) is 22.3. The van der Waals surface area contributed by atoms with Crippen LogP contribution in [0.4, 0.5) is 5.69 Å². The molecule has 0 spiro atoms. The van der Waals surface area contributed by atoms with E-state index in [4.69, 9.17) is 4.74 Å². The van der Waals surface area contributed by atoms with Crippen molar-refractivity contribution in [3.05, 3.63) is 60.2 Å². The van der Waals surface area contributed by atoms with Crippen molar-refractivity contribution in [2.45, 2.75) is 44.2 Å². The molecule has 0 amide bonds. The lowest BCUT2D eigenvalue weighted by atomic mass is 9.88. The first-order valence-corrected chi connectivity index (χ1v) is 9.98. The number of aliphatic hydroxyl groups is 1. The van der Waals surface area contributed by atoms with Gasteiger partial charge in [0.1, 0.15) is 12.4 Å². The van der Waals surface area contributed by atoms with Crippen molar-refractivity contribution in [1.82, 2.24) is 0 Å².